The Morgan fingerprint density at radius 2 is 1.12 bits per heavy atom. The minimum atomic E-state index is -0.568. The van der Waals surface area contributed by atoms with E-state index in [0.29, 0.717) is 24.6 Å². The van der Waals surface area contributed by atoms with Crippen LogP contribution in [0.4, 0.5) is 0 Å². The van der Waals surface area contributed by atoms with Crippen LogP contribution in [0.15, 0.2) is 0 Å². The quantitative estimate of drug-likeness (QED) is 0.161. The summed E-state index contributed by atoms with van der Waals surface area (Å²) in [7, 11) is 2.95. The predicted octanol–water partition coefficient (Wildman–Crippen LogP) is -1.30. The molecule has 10 nitrogen and oxygen atoms in total. The fourth-order valence-corrected chi connectivity index (χ4v) is 5.58. The van der Waals surface area contributed by atoms with E-state index in [4.69, 9.17) is 20.9 Å². The maximum atomic E-state index is 12.1. The molecule has 6 N–H and O–H groups in total. The molecule has 0 aliphatic carbocycles. The molecule has 2 fully saturated rings. The third-order valence-corrected chi connectivity index (χ3v) is 7.83. The molecule has 0 aromatic rings. The van der Waals surface area contributed by atoms with Crippen molar-refractivity contribution in [2.24, 2.45) is 11.5 Å². The number of hydrogen-bond acceptors (Lipinski definition) is 10. The van der Waals surface area contributed by atoms with E-state index in [2.05, 4.69) is 20.4 Å². The molecule has 2 saturated heterocycles. The molecule has 32 heavy (non-hydrogen) atoms. The van der Waals surface area contributed by atoms with Gasteiger partial charge in [0.1, 0.15) is 0 Å². The third-order valence-electron chi connectivity index (χ3n) is 5.36. The summed E-state index contributed by atoms with van der Waals surface area (Å²) in [6.07, 6.45) is 1.80. The van der Waals surface area contributed by atoms with Crippen LogP contribution in [0.1, 0.15) is 12.8 Å². The fraction of sp³-hybridized carbons (Fsp3) is 0.900. The van der Waals surface area contributed by atoms with Gasteiger partial charge in [0.25, 0.3) is 0 Å². The first-order valence-electron chi connectivity index (χ1n) is 11.5. The summed E-state index contributed by atoms with van der Waals surface area (Å²) in [5, 5.41) is 5.80. The second-order valence-corrected chi connectivity index (χ2v) is 10.5. The van der Waals surface area contributed by atoms with Crippen molar-refractivity contribution < 1.29 is 19.1 Å². The zero-order valence-electron chi connectivity index (χ0n) is 19.0. The van der Waals surface area contributed by atoms with Crippen molar-refractivity contribution in [1.29, 1.82) is 0 Å². The summed E-state index contributed by atoms with van der Waals surface area (Å²) in [6, 6.07) is -1.14. The lowest BCUT2D eigenvalue weighted by Gasteiger charge is -2.26. The normalized spacial score (nSPS) is 19.9. The molecule has 2 aliphatic rings. The average molecular weight is 493 g/mol. The van der Waals surface area contributed by atoms with Crippen LogP contribution in [0.25, 0.3) is 0 Å². The van der Waals surface area contributed by atoms with Crippen molar-refractivity contribution in [3.63, 3.8) is 0 Å². The average Bonchev–Trinajstić information content (AvgIpc) is 2.83. The molecule has 0 aromatic heterocycles. The van der Waals surface area contributed by atoms with E-state index in [0.717, 1.165) is 78.5 Å². The van der Waals surface area contributed by atoms with Gasteiger partial charge in [0.2, 0.25) is 11.8 Å². The third kappa shape index (κ3) is 12.0. The Morgan fingerprint density at radius 1 is 0.750 bits per heavy atom. The van der Waals surface area contributed by atoms with E-state index in [9.17, 15) is 9.59 Å². The Kier molecular flexibility index (Phi) is 14.6. The number of rotatable bonds is 15. The summed E-state index contributed by atoms with van der Waals surface area (Å²) >= 11 is 0. The molecule has 2 rings (SSSR count). The molecule has 0 saturated carbocycles. The summed E-state index contributed by atoms with van der Waals surface area (Å²) in [6.45, 7) is 10.1. The van der Waals surface area contributed by atoms with Crippen LogP contribution < -0.4 is 22.1 Å². The molecule has 186 valence electrons. The van der Waals surface area contributed by atoms with Gasteiger partial charge in [0, 0.05) is 50.8 Å². The Bertz CT molecular complexity index is 490. The Morgan fingerprint density at radius 3 is 1.50 bits per heavy atom. The van der Waals surface area contributed by atoms with Gasteiger partial charge in [-0.05, 0) is 25.9 Å². The first kappa shape index (κ1) is 27.6. The monoisotopic (exact) mass is 492 g/mol. The number of nitrogens with one attached hydrogen (secondary N) is 2. The van der Waals surface area contributed by atoms with Crippen molar-refractivity contribution >= 4 is 33.4 Å². The highest BCUT2D eigenvalue weighted by Gasteiger charge is 2.17. The van der Waals surface area contributed by atoms with Gasteiger partial charge in [-0.1, -0.05) is 21.6 Å². The van der Waals surface area contributed by atoms with Gasteiger partial charge in [-0.15, -0.1) is 0 Å². The number of carbonyl (C=O) groups is 2. The maximum absolute atomic E-state index is 12.1. The zero-order chi connectivity index (χ0) is 23.0. The molecule has 0 radical (unpaired) electrons. The Labute approximate surface area is 199 Å². The van der Waals surface area contributed by atoms with E-state index in [1.165, 1.54) is 21.6 Å². The van der Waals surface area contributed by atoms with Crippen molar-refractivity contribution in [2.45, 2.75) is 24.9 Å². The lowest BCUT2D eigenvalue weighted by Crippen LogP contribution is -2.44. The topological polar surface area (TPSA) is 135 Å². The van der Waals surface area contributed by atoms with Crippen molar-refractivity contribution in [2.75, 3.05) is 90.3 Å². The van der Waals surface area contributed by atoms with Gasteiger partial charge in [-0.3, -0.25) is 19.4 Å². The molecule has 0 bridgehead atoms. The highest BCUT2D eigenvalue weighted by atomic mass is 33.1. The molecule has 0 unspecified atom stereocenters. The van der Waals surface area contributed by atoms with Crippen LogP contribution in [0.3, 0.4) is 0 Å². The number of amides is 2. The van der Waals surface area contributed by atoms with E-state index >= 15 is 0 Å². The lowest BCUT2D eigenvalue weighted by atomic mass is 10.3. The first-order valence-corrected chi connectivity index (χ1v) is 14.0. The molecule has 2 amide bonds. The number of ether oxygens (including phenoxy) is 2. The fourth-order valence-electron chi connectivity index (χ4n) is 3.33. The summed E-state index contributed by atoms with van der Waals surface area (Å²) in [5.41, 5.74) is 11.9. The van der Waals surface area contributed by atoms with Crippen molar-refractivity contribution in [3.8, 4) is 0 Å². The highest BCUT2D eigenvalue weighted by Crippen LogP contribution is 2.22. The van der Waals surface area contributed by atoms with Crippen LogP contribution in [0.5, 0.6) is 0 Å². The van der Waals surface area contributed by atoms with Crippen molar-refractivity contribution in [3.05, 3.63) is 0 Å². The van der Waals surface area contributed by atoms with Crippen LogP contribution in [0.2, 0.25) is 0 Å². The summed E-state index contributed by atoms with van der Waals surface area (Å²) in [4.78, 5) is 28.9. The van der Waals surface area contributed by atoms with Gasteiger partial charge in [-0.25, -0.2) is 0 Å². The molecule has 2 atom stereocenters. The maximum Gasteiger partial charge on any atom is 0.237 e. The Balaban J connectivity index is 1.42. The van der Waals surface area contributed by atoms with Crippen LogP contribution >= 0.6 is 21.6 Å². The Hall–Kier alpha value is -0.600. The predicted molar refractivity (Wildman–Crippen MR) is 131 cm³/mol. The van der Waals surface area contributed by atoms with Gasteiger partial charge in [0.05, 0.1) is 38.5 Å². The number of carbonyl (C=O) groups excluding carboxylic acids is 2. The largest absolute Gasteiger partial charge is 0.379 e. The molecule has 0 aromatic carbocycles. The van der Waals surface area contributed by atoms with Crippen molar-refractivity contribution in [1.82, 2.24) is 20.4 Å². The van der Waals surface area contributed by atoms with E-state index in [1.54, 1.807) is 0 Å². The number of morpholine rings is 2. The molecule has 0 spiro atoms. The van der Waals surface area contributed by atoms with E-state index in [1.807, 2.05) is 0 Å². The molecular formula is C20H40N6O4S2. The molecular weight excluding hydrogens is 452 g/mol. The minimum absolute atomic E-state index is 0.137. The number of nitrogens with zero attached hydrogens (tertiary/aromatic N) is 2. The number of nitrogens with two attached hydrogens (primary N) is 2. The molecule has 12 heteroatoms. The highest BCUT2D eigenvalue weighted by molar-refractivity contribution is 8.76. The minimum Gasteiger partial charge on any atom is -0.379 e. The van der Waals surface area contributed by atoms with Gasteiger partial charge in [0.15, 0.2) is 0 Å². The second kappa shape index (κ2) is 16.9. The zero-order valence-corrected chi connectivity index (χ0v) is 20.6. The first-order chi connectivity index (χ1) is 15.6. The van der Waals surface area contributed by atoms with Crippen LogP contribution in [-0.4, -0.2) is 124 Å². The lowest BCUT2D eigenvalue weighted by molar-refractivity contribution is -0.122. The summed E-state index contributed by atoms with van der Waals surface area (Å²) in [5.74, 6) is 0.687. The van der Waals surface area contributed by atoms with Gasteiger partial charge < -0.3 is 31.6 Å². The van der Waals surface area contributed by atoms with Crippen LogP contribution in [0, 0.1) is 0 Å². The molecule has 2 heterocycles. The molecule has 2 aliphatic heterocycles. The van der Waals surface area contributed by atoms with Gasteiger partial charge in [-0.2, -0.15) is 0 Å². The smallest absolute Gasteiger partial charge is 0.237 e. The second-order valence-electron chi connectivity index (χ2n) is 7.98. The standard InChI is InChI=1S/C20H40N6O4S2/c21-17(19(27)23-3-1-5-25-7-11-29-12-8-25)15-31-32-16-18(22)20(28)24-4-2-6-26-9-13-30-14-10-26/h17-18H,1-16,21-22H2,(H,23,27)(H,24,28)/t17-,18-/m0/s1. The number of hydrogen-bond donors (Lipinski definition) is 4. The van der Waals surface area contributed by atoms with Gasteiger partial charge >= 0.3 is 0 Å². The summed E-state index contributed by atoms with van der Waals surface area (Å²) < 4.78 is 10.7. The van der Waals surface area contributed by atoms with Crippen LogP contribution in [-0.2, 0) is 19.1 Å². The van der Waals surface area contributed by atoms with E-state index in [-0.39, 0.29) is 11.8 Å². The van der Waals surface area contributed by atoms with E-state index < -0.39 is 12.1 Å². The SMILES string of the molecule is N[C@@H](CSSC[C@H](N)C(=O)NCCCN1CCOCC1)C(=O)NCCCN1CCOCC1.